The molecule has 0 radical (unpaired) electrons. The second kappa shape index (κ2) is 10.6. The molecule has 0 aromatic heterocycles. The number of benzene rings is 2. The summed E-state index contributed by atoms with van der Waals surface area (Å²) in [5.41, 5.74) is 5.45. The van der Waals surface area contributed by atoms with Crippen LogP contribution >= 0.6 is 0 Å². The smallest absolute Gasteiger partial charge is 0.211 e. The number of rotatable bonds is 11. The van der Waals surface area contributed by atoms with Crippen molar-refractivity contribution in [1.82, 2.24) is 10.0 Å². The number of nitrogens with one attached hydrogen (secondary N) is 2. The second-order valence-corrected chi connectivity index (χ2v) is 11.3. The van der Waals surface area contributed by atoms with Crippen molar-refractivity contribution < 1.29 is 18.3 Å². The Morgan fingerprint density at radius 2 is 1.94 bits per heavy atom. The summed E-state index contributed by atoms with van der Waals surface area (Å²) in [6.45, 7) is 1.68. The number of fused-ring (bicyclic) bond motifs is 1. The third-order valence-corrected chi connectivity index (χ3v) is 8.73. The van der Waals surface area contributed by atoms with Gasteiger partial charge in [0.1, 0.15) is 5.75 Å². The van der Waals surface area contributed by atoms with E-state index in [4.69, 9.17) is 4.74 Å². The monoisotopic (exact) mass is 472 g/mol. The predicted molar refractivity (Wildman–Crippen MR) is 131 cm³/mol. The van der Waals surface area contributed by atoms with Gasteiger partial charge >= 0.3 is 0 Å². The lowest BCUT2D eigenvalue weighted by Crippen LogP contribution is -2.49. The van der Waals surface area contributed by atoms with Gasteiger partial charge in [-0.3, -0.25) is 0 Å². The summed E-state index contributed by atoms with van der Waals surface area (Å²) in [5.74, 6) is 0.457. The van der Waals surface area contributed by atoms with Crippen LogP contribution in [-0.4, -0.2) is 46.1 Å². The van der Waals surface area contributed by atoms with Gasteiger partial charge < -0.3 is 15.2 Å². The highest BCUT2D eigenvalue weighted by Gasteiger charge is 2.47. The highest BCUT2D eigenvalue weighted by Crippen LogP contribution is 2.53. The Morgan fingerprint density at radius 1 is 1.15 bits per heavy atom. The first kappa shape index (κ1) is 24.2. The zero-order valence-corrected chi connectivity index (χ0v) is 20.3. The van der Waals surface area contributed by atoms with Gasteiger partial charge in [-0.05, 0) is 79.5 Å². The van der Waals surface area contributed by atoms with E-state index in [1.165, 1.54) is 28.7 Å². The molecule has 1 aliphatic carbocycles. The van der Waals surface area contributed by atoms with E-state index in [2.05, 4.69) is 40.4 Å². The Hall–Kier alpha value is -1.93. The maximum absolute atomic E-state index is 12.1. The Balaban J connectivity index is 1.44. The molecule has 0 amide bonds. The maximum atomic E-state index is 12.1. The fourth-order valence-electron chi connectivity index (χ4n) is 5.34. The van der Waals surface area contributed by atoms with E-state index in [9.17, 15) is 13.5 Å². The van der Waals surface area contributed by atoms with Gasteiger partial charge in [0.05, 0.1) is 12.4 Å². The third-order valence-electron chi connectivity index (χ3n) is 7.26. The van der Waals surface area contributed by atoms with Crippen molar-refractivity contribution in [2.45, 2.75) is 56.4 Å². The summed E-state index contributed by atoms with van der Waals surface area (Å²) >= 11 is 0. The first-order valence-corrected chi connectivity index (χ1v) is 13.7. The highest BCUT2D eigenvalue weighted by atomic mass is 32.2. The second-order valence-electron chi connectivity index (χ2n) is 9.39. The number of sulfonamides is 1. The van der Waals surface area contributed by atoms with E-state index in [0.29, 0.717) is 25.3 Å². The van der Waals surface area contributed by atoms with Crippen LogP contribution in [0, 0.1) is 0 Å². The molecule has 2 aromatic rings. The Kier molecular flexibility index (Phi) is 7.74. The molecule has 1 fully saturated rings. The van der Waals surface area contributed by atoms with Crippen molar-refractivity contribution in [2.24, 2.45) is 0 Å². The Morgan fingerprint density at radius 3 is 2.64 bits per heavy atom. The molecule has 0 bridgehead atoms. The van der Waals surface area contributed by atoms with Crippen LogP contribution in [0.5, 0.6) is 5.75 Å². The Bertz CT molecular complexity index is 1030. The first-order valence-electron chi connectivity index (χ1n) is 12.0. The molecule has 0 saturated heterocycles. The topological polar surface area (TPSA) is 87.7 Å². The lowest BCUT2D eigenvalue weighted by molar-refractivity contribution is 0.164. The van der Waals surface area contributed by atoms with Crippen LogP contribution < -0.4 is 10.0 Å². The lowest BCUT2D eigenvalue weighted by Gasteiger charge is -2.50. The highest BCUT2D eigenvalue weighted by molar-refractivity contribution is 7.89. The number of methoxy groups -OCH3 is 1. The molecule has 1 aliphatic heterocycles. The van der Waals surface area contributed by atoms with Crippen LogP contribution in [-0.2, 0) is 33.0 Å². The molecule has 1 heterocycles. The average Bonchev–Trinajstić information content (AvgIpc) is 2.77. The minimum atomic E-state index is -3.24. The molecule has 1 unspecified atom stereocenters. The van der Waals surface area contributed by atoms with Gasteiger partial charge in [-0.25, -0.2) is 13.1 Å². The fourth-order valence-corrected chi connectivity index (χ4v) is 6.46. The minimum absolute atomic E-state index is 0.0729. The molecule has 1 saturated carbocycles. The molecule has 2 aliphatic rings. The average molecular weight is 473 g/mol. The van der Waals surface area contributed by atoms with Gasteiger partial charge in [-0.1, -0.05) is 36.8 Å². The number of phenolic OH excluding ortho intramolecular Hbond substituents is 1. The third kappa shape index (κ3) is 5.60. The van der Waals surface area contributed by atoms with Crippen molar-refractivity contribution in [3.8, 4) is 5.75 Å². The van der Waals surface area contributed by atoms with Crippen LogP contribution in [0.25, 0.3) is 0 Å². The van der Waals surface area contributed by atoms with Crippen molar-refractivity contribution in [3.05, 3.63) is 64.7 Å². The number of unbranched alkanes of at least 4 members (excludes halogenated alkanes) is 1. The zero-order valence-electron chi connectivity index (χ0n) is 19.5. The molecule has 0 spiro atoms. The maximum Gasteiger partial charge on any atom is 0.211 e. The molecule has 3 N–H and O–H groups in total. The molecule has 6 nitrogen and oxygen atoms in total. The number of hydrogen-bond donors (Lipinski definition) is 3. The van der Waals surface area contributed by atoms with Gasteiger partial charge in [-0.15, -0.1) is 0 Å². The van der Waals surface area contributed by atoms with Crippen molar-refractivity contribution in [1.29, 1.82) is 0 Å². The van der Waals surface area contributed by atoms with E-state index in [1.54, 1.807) is 19.2 Å². The summed E-state index contributed by atoms with van der Waals surface area (Å²) in [6, 6.07) is 14.8. The van der Waals surface area contributed by atoms with E-state index < -0.39 is 10.0 Å². The van der Waals surface area contributed by atoms with Crippen molar-refractivity contribution >= 4 is 10.0 Å². The standard InChI is InChI=1S/C26H36N2O4S/c1-32-17-16-28-33(30,31)18-3-2-5-20-6-7-21-12-15-27-25(24(21)19-20)26(13-4-14-26)22-8-10-23(29)11-9-22/h6-11,19,25,27-29H,2-5,12-18H2,1H3. The summed E-state index contributed by atoms with van der Waals surface area (Å²) in [6.07, 6.45) is 6.90. The lowest BCUT2D eigenvalue weighted by atomic mass is 9.57. The molecule has 2 aromatic carbocycles. The van der Waals surface area contributed by atoms with Crippen LogP contribution in [0.3, 0.4) is 0 Å². The molecular weight excluding hydrogens is 436 g/mol. The fraction of sp³-hybridized carbons (Fsp3) is 0.538. The van der Waals surface area contributed by atoms with Crippen molar-refractivity contribution in [2.75, 3.05) is 32.6 Å². The molecule has 7 heteroatoms. The molecule has 33 heavy (non-hydrogen) atoms. The summed E-state index contributed by atoms with van der Waals surface area (Å²) in [4.78, 5) is 0. The van der Waals surface area contributed by atoms with Gasteiger partial charge in [0.15, 0.2) is 0 Å². The zero-order chi connectivity index (χ0) is 23.3. The SMILES string of the molecule is COCCNS(=O)(=O)CCCCc1ccc2c(c1)C(C1(c3ccc(O)cc3)CCC1)NCC2. The van der Waals surface area contributed by atoms with Gasteiger partial charge in [-0.2, -0.15) is 0 Å². The summed E-state index contributed by atoms with van der Waals surface area (Å²) in [5, 5.41) is 13.6. The van der Waals surface area contributed by atoms with E-state index >= 15 is 0 Å². The largest absolute Gasteiger partial charge is 0.508 e. The van der Waals surface area contributed by atoms with Crippen LogP contribution in [0.1, 0.15) is 60.4 Å². The normalized spacial score (nSPS) is 19.6. The van der Waals surface area contributed by atoms with Crippen molar-refractivity contribution in [3.63, 3.8) is 0 Å². The molecule has 1 atom stereocenters. The van der Waals surface area contributed by atoms with Gasteiger partial charge in [0.2, 0.25) is 10.0 Å². The van der Waals surface area contributed by atoms with Gasteiger partial charge in [0, 0.05) is 25.1 Å². The summed E-state index contributed by atoms with van der Waals surface area (Å²) in [7, 11) is -1.68. The van der Waals surface area contributed by atoms with Crippen LogP contribution in [0.2, 0.25) is 0 Å². The van der Waals surface area contributed by atoms with Gasteiger partial charge in [0.25, 0.3) is 0 Å². The molecule has 4 rings (SSSR count). The molecular formula is C26H36N2O4S. The van der Waals surface area contributed by atoms with E-state index in [1.807, 2.05) is 0 Å². The van der Waals surface area contributed by atoms with E-state index in [-0.39, 0.29) is 17.2 Å². The number of hydrogen-bond acceptors (Lipinski definition) is 5. The molecule has 180 valence electrons. The van der Waals surface area contributed by atoms with Crippen LogP contribution in [0.15, 0.2) is 42.5 Å². The van der Waals surface area contributed by atoms with E-state index in [0.717, 1.165) is 38.6 Å². The minimum Gasteiger partial charge on any atom is -0.508 e. The number of phenols is 1. The quantitative estimate of drug-likeness (QED) is 0.435. The van der Waals surface area contributed by atoms with Crippen LogP contribution in [0.4, 0.5) is 0 Å². The number of aromatic hydroxyl groups is 1. The Labute approximate surface area is 197 Å². The number of aryl methyl sites for hydroxylation is 1. The predicted octanol–water partition coefficient (Wildman–Crippen LogP) is 3.59. The summed E-state index contributed by atoms with van der Waals surface area (Å²) < 4.78 is 31.6. The number of ether oxygens (including phenoxy) is 1. The first-order chi connectivity index (χ1) is 15.9.